The lowest BCUT2D eigenvalue weighted by Gasteiger charge is -2.28. The third kappa shape index (κ3) is 3.87. The maximum atomic E-state index is 11.1. The molecule has 0 spiro atoms. The monoisotopic (exact) mass is 321 g/mol. The topological polar surface area (TPSA) is 104 Å². The molecule has 2 rings (SSSR count). The largest absolute Gasteiger partial charge is 0.378 e. The third-order valence-electron chi connectivity index (χ3n) is 3.11. The summed E-state index contributed by atoms with van der Waals surface area (Å²) >= 11 is 1.21. The lowest BCUT2D eigenvalue weighted by Crippen LogP contribution is -2.36. The number of hydrogen-bond donors (Lipinski definition) is 1. The average Bonchev–Trinajstić information content (AvgIpc) is 2.55. The first kappa shape index (κ1) is 16.1. The van der Waals surface area contributed by atoms with E-state index >= 15 is 0 Å². The van der Waals surface area contributed by atoms with E-state index in [0.717, 1.165) is 18.8 Å². The molecule has 0 saturated carbocycles. The summed E-state index contributed by atoms with van der Waals surface area (Å²) in [6, 6.07) is 4.81. The summed E-state index contributed by atoms with van der Waals surface area (Å²) in [6.07, 6.45) is 3.50. The van der Waals surface area contributed by atoms with E-state index < -0.39 is 4.92 Å². The highest BCUT2D eigenvalue weighted by atomic mass is 32.2. The Morgan fingerprint density at radius 3 is 2.86 bits per heavy atom. The standard InChI is InChI=1S/C13H15N5O3S/c1-22-13(15-9-14)16-11-8-10(2-3-12(11)18(19)20)17-4-6-21-7-5-17/h2-3,8H,4-7H2,1H3,(H,15,16). The van der Waals surface area contributed by atoms with Gasteiger partial charge >= 0.3 is 0 Å². The van der Waals surface area contributed by atoms with Gasteiger partial charge in [-0.2, -0.15) is 5.26 Å². The number of anilines is 1. The van der Waals surface area contributed by atoms with E-state index in [-0.39, 0.29) is 11.4 Å². The molecule has 1 fully saturated rings. The van der Waals surface area contributed by atoms with E-state index in [1.165, 1.54) is 17.8 Å². The highest BCUT2D eigenvalue weighted by molar-refractivity contribution is 8.13. The SMILES string of the molecule is CSC(=Nc1cc(N2CCOCC2)ccc1[N+](=O)[O-])NC#N. The molecule has 1 heterocycles. The molecule has 1 aliphatic rings. The number of benzene rings is 1. The van der Waals surface area contributed by atoms with E-state index in [9.17, 15) is 10.1 Å². The van der Waals surface area contributed by atoms with E-state index in [4.69, 9.17) is 10.00 Å². The number of nitro groups is 1. The molecule has 1 aliphatic heterocycles. The molecule has 0 aromatic heterocycles. The highest BCUT2D eigenvalue weighted by Crippen LogP contribution is 2.32. The fourth-order valence-corrected chi connectivity index (χ4v) is 2.39. The van der Waals surface area contributed by atoms with Gasteiger partial charge in [-0.05, 0) is 18.4 Å². The minimum Gasteiger partial charge on any atom is -0.378 e. The van der Waals surface area contributed by atoms with Crippen molar-refractivity contribution < 1.29 is 9.66 Å². The van der Waals surface area contributed by atoms with Crippen molar-refractivity contribution in [3.05, 3.63) is 28.3 Å². The van der Waals surface area contributed by atoms with Crippen molar-refractivity contribution in [3.63, 3.8) is 0 Å². The predicted octanol–water partition coefficient (Wildman–Crippen LogP) is 1.85. The number of nitrogens with one attached hydrogen (secondary N) is 1. The molecule has 0 bridgehead atoms. The summed E-state index contributed by atoms with van der Waals surface area (Å²) in [5.41, 5.74) is 0.981. The van der Waals surface area contributed by atoms with Gasteiger partial charge < -0.3 is 9.64 Å². The summed E-state index contributed by atoms with van der Waals surface area (Å²) in [4.78, 5) is 16.9. The Hall–Kier alpha value is -2.31. The number of hydrogen-bond acceptors (Lipinski definition) is 7. The van der Waals surface area contributed by atoms with Crippen LogP contribution in [0.5, 0.6) is 0 Å². The number of morpholine rings is 1. The lowest BCUT2D eigenvalue weighted by molar-refractivity contribution is -0.384. The number of nitro benzene ring substituents is 1. The van der Waals surface area contributed by atoms with Crippen molar-refractivity contribution in [1.29, 1.82) is 5.26 Å². The van der Waals surface area contributed by atoms with Gasteiger partial charge in [0, 0.05) is 24.8 Å². The van der Waals surface area contributed by atoms with Crippen LogP contribution in [0.25, 0.3) is 0 Å². The molecule has 1 saturated heterocycles. The van der Waals surface area contributed by atoms with Gasteiger partial charge in [0.05, 0.1) is 18.1 Å². The second-order valence-corrected chi connectivity index (χ2v) is 5.18. The number of nitrogens with zero attached hydrogens (tertiary/aromatic N) is 4. The van der Waals surface area contributed by atoms with Gasteiger partial charge in [0.1, 0.15) is 5.69 Å². The van der Waals surface area contributed by atoms with Crippen LogP contribution in [-0.4, -0.2) is 42.7 Å². The lowest BCUT2D eigenvalue weighted by atomic mass is 10.2. The van der Waals surface area contributed by atoms with E-state index in [1.54, 1.807) is 24.6 Å². The average molecular weight is 321 g/mol. The van der Waals surface area contributed by atoms with Crippen molar-refractivity contribution in [1.82, 2.24) is 5.32 Å². The Morgan fingerprint density at radius 2 is 2.27 bits per heavy atom. The summed E-state index contributed by atoms with van der Waals surface area (Å²) in [7, 11) is 0. The molecule has 0 radical (unpaired) electrons. The Balaban J connectivity index is 2.39. The summed E-state index contributed by atoms with van der Waals surface area (Å²) in [5, 5.41) is 22.5. The van der Waals surface area contributed by atoms with Crippen LogP contribution < -0.4 is 10.2 Å². The van der Waals surface area contributed by atoms with E-state index in [0.29, 0.717) is 18.4 Å². The summed E-state index contributed by atoms with van der Waals surface area (Å²) in [6.45, 7) is 2.71. The molecule has 9 heteroatoms. The van der Waals surface area contributed by atoms with Gasteiger partial charge in [0.25, 0.3) is 5.69 Å². The zero-order valence-electron chi connectivity index (χ0n) is 12.0. The maximum absolute atomic E-state index is 11.1. The second-order valence-electron chi connectivity index (χ2n) is 4.39. The number of nitriles is 1. The van der Waals surface area contributed by atoms with Gasteiger partial charge in [0.15, 0.2) is 11.4 Å². The van der Waals surface area contributed by atoms with Crippen LogP contribution in [0.3, 0.4) is 0 Å². The van der Waals surface area contributed by atoms with Crippen LogP contribution in [-0.2, 0) is 4.74 Å². The Kier molecular flexibility index (Phi) is 5.57. The highest BCUT2D eigenvalue weighted by Gasteiger charge is 2.18. The van der Waals surface area contributed by atoms with Gasteiger partial charge in [-0.25, -0.2) is 4.99 Å². The number of ether oxygens (including phenoxy) is 1. The Bertz CT molecular complexity index is 623. The van der Waals surface area contributed by atoms with Crippen LogP contribution in [0.4, 0.5) is 17.1 Å². The molecule has 8 nitrogen and oxygen atoms in total. The van der Waals surface area contributed by atoms with Crippen LogP contribution >= 0.6 is 11.8 Å². The quantitative estimate of drug-likeness (QED) is 0.226. The van der Waals surface area contributed by atoms with Crippen molar-refractivity contribution >= 4 is 34.0 Å². The Labute approximate surface area is 131 Å². The molecule has 0 aliphatic carbocycles. The van der Waals surface area contributed by atoms with Gasteiger partial charge in [-0.1, -0.05) is 11.8 Å². The minimum atomic E-state index is -0.480. The summed E-state index contributed by atoms with van der Waals surface area (Å²) in [5.74, 6) is 0. The van der Waals surface area contributed by atoms with Crippen molar-refractivity contribution in [2.45, 2.75) is 0 Å². The Morgan fingerprint density at radius 1 is 1.55 bits per heavy atom. The van der Waals surface area contributed by atoms with Crippen molar-refractivity contribution in [2.75, 3.05) is 37.5 Å². The maximum Gasteiger partial charge on any atom is 0.295 e. The first-order valence-corrected chi connectivity index (χ1v) is 7.77. The molecule has 0 atom stereocenters. The molecule has 116 valence electrons. The molecular weight excluding hydrogens is 306 g/mol. The number of thioether (sulfide) groups is 1. The molecular formula is C13H15N5O3S. The first-order chi connectivity index (χ1) is 10.7. The number of rotatable bonds is 3. The number of aliphatic imine (C=N–C) groups is 1. The van der Waals surface area contributed by atoms with Crippen LogP contribution in [0.15, 0.2) is 23.2 Å². The van der Waals surface area contributed by atoms with Crippen LogP contribution in [0, 0.1) is 21.6 Å². The second kappa shape index (κ2) is 7.63. The fraction of sp³-hybridized carbons (Fsp3) is 0.385. The van der Waals surface area contributed by atoms with E-state index in [2.05, 4.69) is 15.2 Å². The van der Waals surface area contributed by atoms with Crippen LogP contribution in [0.2, 0.25) is 0 Å². The summed E-state index contributed by atoms with van der Waals surface area (Å²) < 4.78 is 5.30. The predicted molar refractivity (Wildman–Crippen MR) is 85.5 cm³/mol. The normalized spacial score (nSPS) is 15.3. The van der Waals surface area contributed by atoms with Crippen LogP contribution in [0.1, 0.15) is 0 Å². The van der Waals surface area contributed by atoms with Crippen molar-refractivity contribution in [3.8, 4) is 6.19 Å². The van der Waals surface area contributed by atoms with Crippen molar-refractivity contribution in [2.24, 2.45) is 4.99 Å². The van der Waals surface area contributed by atoms with Gasteiger partial charge in [0.2, 0.25) is 0 Å². The molecule has 0 amide bonds. The molecule has 0 unspecified atom stereocenters. The zero-order chi connectivity index (χ0) is 15.9. The molecule has 1 aromatic carbocycles. The molecule has 22 heavy (non-hydrogen) atoms. The van der Waals surface area contributed by atoms with Gasteiger partial charge in [-0.3, -0.25) is 15.4 Å². The van der Waals surface area contributed by atoms with Gasteiger partial charge in [-0.15, -0.1) is 0 Å². The smallest absolute Gasteiger partial charge is 0.295 e. The molecule has 1 aromatic rings. The fourth-order valence-electron chi connectivity index (χ4n) is 2.06. The number of amidine groups is 1. The zero-order valence-corrected chi connectivity index (χ0v) is 12.8. The first-order valence-electron chi connectivity index (χ1n) is 6.54. The minimum absolute atomic E-state index is 0.0942. The molecule has 1 N–H and O–H groups in total. The van der Waals surface area contributed by atoms with E-state index in [1.807, 2.05) is 0 Å². The third-order valence-corrected chi connectivity index (χ3v) is 3.69.